The van der Waals surface area contributed by atoms with Crippen molar-refractivity contribution in [3.05, 3.63) is 93.5 Å². The van der Waals surface area contributed by atoms with E-state index in [1.54, 1.807) is 10.6 Å². The minimum Gasteiger partial charge on any atom is -0.481 e. The summed E-state index contributed by atoms with van der Waals surface area (Å²) < 4.78 is 10.6. The second-order valence-electron chi connectivity index (χ2n) is 9.20. The lowest BCUT2D eigenvalue weighted by molar-refractivity contribution is -0.137. The van der Waals surface area contributed by atoms with Crippen molar-refractivity contribution in [1.82, 2.24) is 18.7 Å². The van der Waals surface area contributed by atoms with E-state index >= 15 is 0 Å². The molecule has 0 aliphatic rings. The molecule has 3 aromatic heterocycles. The van der Waals surface area contributed by atoms with Crippen molar-refractivity contribution in [3.8, 4) is 5.88 Å². The highest BCUT2D eigenvalue weighted by atomic mass is 16.5. The van der Waals surface area contributed by atoms with Crippen LogP contribution in [0.15, 0.2) is 65.6 Å². The Kier molecular flexibility index (Phi) is 5.88. The van der Waals surface area contributed by atoms with Crippen molar-refractivity contribution in [2.24, 2.45) is 7.05 Å². The number of pyridine rings is 1. The molecule has 0 saturated carbocycles. The Balaban J connectivity index is 1.76. The maximum absolute atomic E-state index is 14.0. The van der Waals surface area contributed by atoms with E-state index in [0.29, 0.717) is 23.6 Å². The number of carboxylic acids is 1. The van der Waals surface area contributed by atoms with E-state index in [1.165, 1.54) is 17.2 Å². The van der Waals surface area contributed by atoms with Gasteiger partial charge in [0.2, 0.25) is 5.88 Å². The van der Waals surface area contributed by atoms with Gasteiger partial charge in [-0.15, -0.1) is 0 Å². The smallest absolute Gasteiger partial charge is 0.331 e. The zero-order chi connectivity index (χ0) is 25.6. The van der Waals surface area contributed by atoms with Gasteiger partial charge in [0.25, 0.3) is 0 Å². The van der Waals surface area contributed by atoms with E-state index < -0.39 is 12.0 Å². The molecule has 0 amide bonds. The molecule has 0 spiro atoms. The fraction of sp³-hybridized carbons (Fsp3) is 0.250. The quantitative estimate of drug-likeness (QED) is 0.369. The molecule has 5 rings (SSSR count). The van der Waals surface area contributed by atoms with Gasteiger partial charge in [0, 0.05) is 30.2 Å². The summed E-state index contributed by atoms with van der Waals surface area (Å²) in [5.41, 5.74) is 5.85. The number of hydrogen-bond donors (Lipinski definition) is 1. The Morgan fingerprint density at radius 1 is 1.08 bits per heavy atom. The standard InChI is InChI=1S/C28H28N4O4/c1-17-12-18(2)26-20(15-30(3)23(26)13-17)16-31-21-10-11-24(36-4)29-27(21)32(28(31)35)22(14-25(33)34)19-8-6-5-7-9-19/h5-13,15,22H,14,16H2,1-4H3,(H,33,34)/t22-/m1/s1. The number of hydrogen-bond acceptors (Lipinski definition) is 4. The summed E-state index contributed by atoms with van der Waals surface area (Å²) in [6, 6.07) is 16.3. The second kappa shape index (κ2) is 9.03. The Labute approximate surface area is 208 Å². The van der Waals surface area contributed by atoms with Crippen molar-refractivity contribution in [1.29, 1.82) is 0 Å². The van der Waals surface area contributed by atoms with Gasteiger partial charge in [0.15, 0.2) is 5.65 Å². The third kappa shape index (κ3) is 3.94. The van der Waals surface area contributed by atoms with Crippen molar-refractivity contribution >= 4 is 28.0 Å². The van der Waals surface area contributed by atoms with E-state index in [4.69, 9.17) is 4.74 Å². The first kappa shape index (κ1) is 23.4. The minimum absolute atomic E-state index is 0.255. The predicted molar refractivity (Wildman–Crippen MR) is 139 cm³/mol. The molecule has 1 atom stereocenters. The third-order valence-corrected chi connectivity index (χ3v) is 6.70. The van der Waals surface area contributed by atoms with Crippen LogP contribution in [0.2, 0.25) is 0 Å². The van der Waals surface area contributed by atoms with Crippen molar-refractivity contribution < 1.29 is 14.6 Å². The zero-order valence-electron chi connectivity index (χ0n) is 20.7. The summed E-state index contributed by atoms with van der Waals surface area (Å²) in [5.74, 6) is -0.647. The number of carbonyl (C=O) groups is 1. The Bertz CT molecular complexity index is 1660. The fourth-order valence-corrected chi connectivity index (χ4v) is 5.18. The molecule has 1 N–H and O–H groups in total. The van der Waals surface area contributed by atoms with Crippen LogP contribution in [0, 0.1) is 13.8 Å². The van der Waals surface area contributed by atoms with Gasteiger partial charge in [-0.1, -0.05) is 36.4 Å². The van der Waals surface area contributed by atoms with E-state index in [2.05, 4.69) is 41.7 Å². The lowest BCUT2D eigenvalue weighted by Gasteiger charge is -2.17. The number of fused-ring (bicyclic) bond motifs is 2. The minimum atomic E-state index is -1.00. The first-order chi connectivity index (χ1) is 17.3. The van der Waals surface area contributed by atoms with Gasteiger partial charge in [-0.3, -0.25) is 13.9 Å². The van der Waals surface area contributed by atoms with E-state index in [9.17, 15) is 14.7 Å². The average Bonchev–Trinajstić information content (AvgIpc) is 3.31. The number of aryl methyl sites for hydroxylation is 3. The molecular formula is C28H28N4O4. The molecule has 0 bridgehead atoms. The van der Waals surface area contributed by atoms with Gasteiger partial charge in [0.1, 0.15) is 0 Å². The number of benzene rings is 2. The molecule has 0 radical (unpaired) electrons. The third-order valence-electron chi connectivity index (χ3n) is 6.70. The highest BCUT2D eigenvalue weighted by Gasteiger charge is 2.26. The number of methoxy groups -OCH3 is 1. The highest BCUT2D eigenvalue weighted by molar-refractivity contribution is 5.88. The molecule has 2 aromatic carbocycles. The number of aromatic nitrogens is 4. The van der Waals surface area contributed by atoms with Gasteiger partial charge in [0.05, 0.1) is 31.6 Å². The first-order valence-corrected chi connectivity index (χ1v) is 11.8. The van der Waals surface area contributed by atoms with Crippen molar-refractivity contribution in [3.63, 3.8) is 0 Å². The second-order valence-corrected chi connectivity index (χ2v) is 9.20. The van der Waals surface area contributed by atoms with Crippen LogP contribution in [-0.4, -0.2) is 36.9 Å². The molecule has 8 heteroatoms. The monoisotopic (exact) mass is 484 g/mol. The van der Waals surface area contributed by atoms with Crippen LogP contribution in [0.25, 0.3) is 22.1 Å². The number of ether oxygens (including phenoxy) is 1. The Hall–Kier alpha value is -4.33. The molecule has 36 heavy (non-hydrogen) atoms. The summed E-state index contributed by atoms with van der Waals surface area (Å²) in [5, 5.41) is 10.8. The van der Waals surface area contributed by atoms with E-state index in [0.717, 1.165) is 27.6 Å². The van der Waals surface area contributed by atoms with Crippen LogP contribution >= 0.6 is 0 Å². The summed E-state index contributed by atoms with van der Waals surface area (Å²) >= 11 is 0. The van der Waals surface area contributed by atoms with E-state index in [-0.39, 0.29) is 12.1 Å². The topological polar surface area (TPSA) is 91.3 Å². The van der Waals surface area contributed by atoms with Crippen molar-refractivity contribution in [2.75, 3.05) is 7.11 Å². The van der Waals surface area contributed by atoms with Gasteiger partial charge >= 0.3 is 11.7 Å². The van der Waals surface area contributed by atoms with Crippen molar-refractivity contribution in [2.45, 2.75) is 32.9 Å². The van der Waals surface area contributed by atoms with Crippen LogP contribution in [0.5, 0.6) is 5.88 Å². The highest BCUT2D eigenvalue weighted by Crippen LogP contribution is 2.29. The zero-order valence-corrected chi connectivity index (χ0v) is 20.7. The summed E-state index contributed by atoms with van der Waals surface area (Å²) in [7, 11) is 3.52. The van der Waals surface area contributed by atoms with Crippen LogP contribution in [0.3, 0.4) is 0 Å². The SMILES string of the molecule is COc1ccc2c(n1)n([C@H](CC(=O)O)c1ccccc1)c(=O)n2Cc1cn(C)c2cc(C)cc(C)c12. The maximum Gasteiger partial charge on any atom is 0.331 e. The number of imidazole rings is 1. The molecular weight excluding hydrogens is 456 g/mol. The van der Waals surface area contributed by atoms with E-state index in [1.807, 2.05) is 43.4 Å². The van der Waals surface area contributed by atoms with Crippen LogP contribution in [0.4, 0.5) is 0 Å². The fourth-order valence-electron chi connectivity index (χ4n) is 5.18. The molecule has 184 valence electrons. The number of rotatable bonds is 7. The summed E-state index contributed by atoms with van der Waals surface area (Å²) in [4.78, 5) is 30.5. The molecule has 0 saturated heterocycles. The molecule has 3 heterocycles. The summed E-state index contributed by atoms with van der Waals surface area (Å²) in [6.07, 6.45) is 1.80. The van der Waals surface area contributed by atoms with Crippen LogP contribution in [-0.2, 0) is 18.4 Å². The first-order valence-electron chi connectivity index (χ1n) is 11.8. The molecule has 5 aromatic rings. The lowest BCUT2D eigenvalue weighted by Crippen LogP contribution is -2.29. The largest absolute Gasteiger partial charge is 0.481 e. The average molecular weight is 485 g/mol. The van der Waals surface area contributed by atoms with Gasteiger partial charge in [-0.2, -0.15) is 4.98 Å². The molecule has 0 fully saturated rings. The molecule has 0 aliphatic heterocycles. The lowest BCUT2D eigenvalue weighted by atomic mass is 10.0. The molecule has 0 unspecified atom stereocenters. The number of carboxylic acid groups (broad SMARTS) is 1. The molecule has 8 nitrogen and oxygen atoms in total. The predicted octanol–water partition coefficient (Wildman–Crippen LogP) is 4.43. The molecule has 0 aliphatic carbocycles. The normalized spacial score (nSPS) is 12.3. The number of aliphatic carboxylic acids is 1. The van der Waals surface area contributed by atoms with Crippen LogP contribution in [0.1, 0.15) is 34.7 Å². The Morgan fingerprint density at radius 2 is 1.83 bits per heavy atom. The number of nitrogens with zero attached hydrogens (tertiary/aromatic N) is 4. The van der Waals surface area contributed by atoms with Gasteiger partial charge in [-0.05, 0) is 48.2 Å². The van der Waals surface area contributed by atoms with Gasteiger partial charge in [-0.25, -0.2) is 4.79 Å². The Morgan fingerprint density at radius 3 is 2.53 bits per heavy atom. The van der Waals surface area contributed by atoms with Crippen LogP contribution < -0.4 is 10.4 Å². The maximum atomic E-state index is 14.0. The summed E-state index contributed by atoms with van der Waals surface area (Å²) in [6.45, 7) is 4.48. The van der Waals surface area contributed by atoms with Gasteiger partial charge < -0.3 is 14.4 Å².